The predicted octanol–water partition coefficient (Wildman–Crippen LogP) is 6.18. The van der Waals surface area contributed by atoms with Gasteiger partial charge in [0, 0.05) is 17.7 Å². The Balaban J connectivity index is 1.92. The molecule has 152 valence electrons. The number of ether oxygens (including phenoxy) is 2. The lowest BCUT2D eigenvalue weighted by Crippen LogP contribution is -1.95. The molecule has 0 aliphatic rings. The van der Waals surface area contributed by atoms with Gasteiger partial charge < -0.3 is 9.47 Å². The Morgan fingerprint density at radius 2 is 1.40 bits per heavy atom. The van der Waals surface area contributed by atoms with Crippen LogP contribution in [-0.2, 0) is 0 Å². The van der Waals surface area contributed by atoms with Crippen LogP contribution in [0.25, 0.3) is 0 Å². The van der Waals surface area contributed by atoms with Crippen molar-refractivity contribution < 1.29 is 14.4 Å². The maximum atomic E-state index is 10.8. The molecule has 0 saturated carbocycles. The fourth-order valence-electron chi connectivity index (χ4n) is 2.55. The minimum Gasteiger partial charge on any atom is -0.493 e. The first-order valence-electron chi connectivity index (χ1n) is 8.94. The third-order valence-electron chi connectivity index (χ3n) is 4.09. The standard InChI is InChI=1S/C21H19N5O4/c1-29-19-13-8-15(14-20(19)30-2)21(24-22-16-6-4-3-5-7-16)25-23-17-9-11-18(12-10-17)26(27)28/h3-14,21H,1-2H3. The molecule has 0 N–H and O–H groups in total. The van der Waals surface area contributed by atoms with Crippen molar-refractivity contribution in [2.45, 2.75) is 6.17 Å². The van der Waals surface area contributed by atoms with E-state index in [-0.39, 0.29) is 5.69 Å². The molecule has 0 saturated heterocycles. The van der Waals surface area contributed by atoms with Gasteiger partial charge in [0.05, 0.1) is 30.5 Å². The van der Waals surface area contributed by atoms with Crippen LogP contribution in [0.4, 0.5) is 17.1 Å². The van der Waals surface area contributed by atoms with Crippen molar-refractivity contribution in [1.82, 2.24) is 0 Å². The second kappa shape index (κ2) is 9.87. The van der Waals surface area contributed by atoms with Gasteiger partial charge in [-0.2, -0.15) is 20.5 Å². The van der Waals surface area contributed by atoms with Crippen LogP contribution in [0, 0.1) is 10.1 Å². The van der Waals surface area contributed by atoms with Crippen LogP contribution in [-0.4, -0.2) is 19.1 Å². The Kier molecular flexibility index (Phi) is 6.78. The molecule has 0 aliphatic heterocycles. The summed E-state index contributed by atoms with van der Waals surface area (Å²) in [6, 6.07) is 20.3. The topological polar surface area (TPSA) is 111 Å². The quantitative estimate of drug-likeness (QED) is 0.253. The Morgan fingerprint density at radius 1 is 0.800 bits per heavy atom. The zero-order valence-corrected chi connectivity index (χ0v) is 16.4. The lowest BCUT2D eigenvalue weighted by Gasteiger charge is -2.11. The summed E-state index contributed by atoms with van der Waals surface area (Å²) in [6.07, 6.45) is -0.750. The van der Waals surface area contributed by atoms with Gasteiger partial charge in [0.15, 0.2) is 11.5 Å². The molecule has 1 unspecified atom stereocenters. The maximum Gasteiger partial charge on any atom is 0.269 e. The molecule has 9 heteroatoms. The molecule has 0 aromatic heterocycles. The number of benzene rings is 3. The summed E-state index contributed by atoms with van der Waals surface area (Å²) < 4.78 is 10.6. The van der Waals surface area contributed by atoms with Crippen LogP contribution in [0.1, 0.15) is 11.7 Å². The molecule has 30 heavy (non-hydrogen) atoms. The Bertz CT molecular complexity index is 1050. The Hall–Kier alpha value is -4.14. The maximum absolute atomic E-state index is 10.8. The smallest absolute Gasteiger partial charge is 0.269 e. The van der Waals surface area contributed by atoms with Gasteiger partial charge in [-0.15, -0.1) is 0 Å². The molecule has 0 amide bonds. The zero-order chi connectivity index (χ0) is 21.3. The summed E-state index contributed by atoms with van der Waals surface area (Å²) in [5, 5.41) is 27.8. The summed E-state index contributed by atoms with van der Waals surface area (Å²) in [7, 11) is 3.10. The number of methoxy groups -OCH3 is 2. The number of hydrogen-bond donors (Lipinski definition) is 0. The van der Waals surface area contributed by atoms with E-state index in [0.29, 0.717) is 28.4 Å². The van der Waals surface area contributed by atoms with Gasteiger partial charge in [0.2, 0.25) is 6.17 Å². The number of azo groups is 2. The lowest BCUT2D eigenvalue weighted by atomic mass is 10.1. The van der Waals surface area contributed by atoms with E-state index in [4.69, 9.17) is 9.47 Å². The average molecular weight is 405 g/mol. The predicted molar refractivity (Wildman–Crippen MR) is 111 cm³/mol. The molecule has 3 aromatic carbocycles. The summed E-state index contributed by atoms with van der Waals surface area (Å²) >= 11 is 0. The number of non-ortho nitro benzene ring substituents is 1. The first-order valence-corrected chi connectivity index (χ1v) is 8.94. The fraction of sp³-hybridized carbons (Fsp3) is 0.143. The minimum atomic E-state index is -0.750. The van der Waals surface area contributed by atoms with Gasteiger partial charge in [-0.25, -0.2) is 0 Å². The highest BCUT2D eigenvalue weighted by atomic mass is 16.6. The second-order valence-electron chi connectivity index (χ2n) is 6.03. The molecule has 0 aliphatic carbocycles. The van der Waals surface area contributed by atoms with Crippen LogP contribution in [0.3, 0.4) is 0 Å². The van der Waals surface area contributed by atoms with Crippen LogP contribution < -0.4 is 9.47 Å². The molecule has 9 nitrogen and oxygen atoms in total. The summed E-state index contributed by atoms with van der Waals surface area (Å²) in [5.41, 5.74) is 1.81. The van der Waals surface area contributed by atoms with Gasteiger partial charge in [0.25, 0.3) is 5.69 Å². The van der Waals surface area contributed by atoms with E-state index in [2.05, 4.69) is 20.5 Å². The highest BCUT2D eigenvalue weighted by molar-refractivity contribution is 5.45. The molecule has 0 radical (unpaired) electrons. The number of nitro benzene ring substituents is 1. The number of rotatable bonds is 8. The van der Waals surface area contributed by atoms with Crippen molar-refractivity contribution in [3.8, 4) is 11.5 Å². The van der Waals surface area contributed by atoms with Gasteiger partial charge in [-0.05, 0) is 36.4 Å². The molecule has 3 rings (SSSR count). The largest absolute Gasteiger partial charge is 0.493 e. The van der Waals surface area contributed by atoms with Crippen LogP contribution in [0.2, 0.25) is 0 Å². The van der Waals surface area contributed by atoms with Crippen molar-refractivity contribution in [2.75, 3.05) is 14.2 Å². The summed E-state index contributed by atoms with van der Waals surface area (Å²) in [4.78, 5) is 10.3. The van der Waals surface area contributed by atoms with Gasteiger partial charge in [-0.1, -0.05) is 24.3 Å². The van der Waals surface area contributed by atoms with E-state index in [9.17, 15) is 10.1 Å². The average Bonchev–Trinajstić information content (AvgIpc) is 2.79. The third-order valence-corrected chi connectivity index (χ3v) is 4.09. The normalized spacial score (nSPS) is 12.2. The van der Waals surface area contributed by atoms with E-state index in [1.165, 1.54) is 24.3 Å². The SMILES string of the molecule is COc1ccc(C(N=Nc2ccccc2)N=Nc2ccc([N+](=O)[O-])cc2)cc1OC. The van der Waals surface area contributed by atoms with Crippen molar-refractivity contribution in [3.05, 3.63) is 88.5 Å². The Labute approximate surface area is 172 Å². The monoisotopic (exact) mass is 405 g/mol. The van der Waals surface area contributed by atoms with Crippen molar-refractivity contribution >= 4 is 17.1 Å². The molecule has 0 fully saturated rings. The number of hydrogen-bond acceptors (Lipinski definition) is 8. The molecule has 0 spiro atoms. The first-order chi connectivity index (χ1) is 14.6. The molecule has 0 bridgehead atoms. The highest BCUT2D eigenvalue weighted by Crippen LogP contribution is 2.33. The highest BCUT2D eigenvalue weighted by Gasteiger charge is 2.14. The van der Waals surface area contributed by atoms with E-state index in [1.54, 1.807) is 32.4 Å². The van der Waals surface area contributed by atoms with Crippen LogP contribution in [0.5, 0.6) is 11.5 Å². The minimum absolute atomic E-state index is 0.0193. The zero-order valence-electron chi connectivity index (χ0n) is 16.4. The number of nitrogens with zero attached hydrogens (tertiary/aromatic N) is 5. The fourth-order valence-corrected chi connectivity index (χ4v) is 2.55. The molecular weight excluding hydrogens is 386 g/mol. The van der Waals surface area contributed by atoms with Gasteiger partial charge in [0.1, 0.15) is 0 Å². The van der Waals surface area contributed by atoms with Gasteiger partial charge in [-0.3, -0.25) is 10.1 Å². The van der Waals surface area contributed by atoms with Crippen molar-refractivity contribution in [2.24, 2.45) is 20.5 Å². The molecule has 0 heterocycles. The van der Waals surface area contributed by atoms with Crippen molar-refractivity contribution in [3.63, 3.8) is 0 Å². The Morgan fingerprint density at radius 3 is 1.97 bits per heavy atom. The number of nitro groups is 1. The van der Waals surface area contributed by atoms with Crippen LogP contribution in [0.15, 0.2) is 93.3 Å². The van der Waals surface area contributed by atoms with E-state index < -0.39 is 11.1 Å². The van der Waals surface area contributed by atoms with Gasteiger partial charge >= 0.3 is 0 Å². The molecule has 3 aromatic rings. The first kappa shape index (κ1) is 20.6. The lowest BCUT2D eigenvalue weighted by molar-refractivity contribution is -0.384. The summed E-state index contributed by atoms with van der Waals surface area (Å²) in [6.45, 7) is 0. The van der Waals surface area contributed by atoms with Crippen LogP contribution >= 0.6 is 0 Å². The third kappa shape index (κ3) is 5.22. The van der Waals surface area contributed by atoms with E-state index in [1.807, 2.05) is 30.3 Å². The molecule has 1 atom stereocenters. The van der Waals surface area contributed by atoms with Crippen molar-refractivity contribution in [1.29, 1.82) is 0 Å². The summed E-state index contributed by atoms with van der Waals surface area (Å²) in [5.74, 6) is 1.10. The second-order valence-corrected chi connectivity index (χ2v) is 6.03. The van der Waals surface area contributed by atoms with E-state index >= 15 is 0 Å². The molecular formula is C21H19N5O4. The van der Waals surface area contributed by atoms with E-state index in [0.717, 1.165) is 0 Å².